The van der Waals surface area contributed by atoms with Gasteiger partial charge in [-0.25, -0.2) is 0 Å². The molecule has 2 N–H and O–H groups in total. The molecule has 110 valence electrons. The van der Waals surface area contributed by atoms with Crippen LogP contribution >= 0.6 is 0 Å². The van der Waals surface area contributed by atoms with Gasteiger partial charge in [-0.05, 0) is 60.1 Å². The predicted octanol–water partition coefficient (Wildman–Crippen LogP) is 1.95. The first-order valence-electron chi connectivity index (χ1n) is 7.18. The minimum Gasteiger partial charge on any atom is -0.313 e. The molecular weight excluding hydrogens is 236 g/mol. The van der Waals surface area contributed by atoms with Crippen molar-refractivity contribution in [3.05, 3.63) is 17.0 Å². The third-order valence-electron chi connectivity index (χ3n) is 3.47. The summed E-state index contributed by atoms with van der Waals surface area (Å²) in [5, 5.41) is 11.5. The van der Waals surface area contributed by atoms with Crippen LogP contribution in [0.3, 0.4) is 0 Å². The molecule has 0 bridgehead atoms. The Morgan fingerprint density at radius 2 is 1.89 bits per heavy atom. The Bertz CT molecular complexity index is 401. The molecular formula is C15H30N4. The predicted molar refractivity (Wildman–Crippen MR) is 81.6 cm³/mol. The van der Waals surface area contributed by atoms with E-state index in [0.29, 0.717) is 6.04 Å². The Morgan fingerprint density at radius 1 is 1.26 bits per heavy atom. The smallest absolute Gasteiger partial charge is 0.0628 e. The third kappa shape index (κ3) is 5.33. The van der Waals surface area contributed by atoms with Crippen molar-refractivity contribution in [2.45, 2.75) is 59.5 Å². The van der Waals surface area contributed by atoms with E-state index in [1.54, 1.807) is 0 Å². The number of hydrogen-bond donors (Lipinski definition) is 2. The van der Waals surface area contributed by atoms with Crippen LogP contribution in [-0.2, 0) is 13.5 Å². The molecule has 0 aromatic carbocycles. The highest BCUT2D eigenvalue weighted by Gasteiger charge is 2.12. The largest absolute Gasteiger partial charge is 0.313 e. The summed E-state index contributed by atoms with van der Waals surface area (Å²) in [6, 6.07) is 0.483. The molecule has 0 radical (unpaired) electrons. The van der Waals surface area contributed by atoms with Crippen molar-refractivity contribution in [2.75, 3.05) is 13.1 Å². The Labute approximate surface area is 118 Å². The third-order valence-corrected chi connectivity index (χ3v) is 3.47. The van der Waals surface area contributed by atoms with Crippen LogP contribution in [0.25, 0.3) is 0 Å². The highest BCUT2D eigenvalue weighted by molar-refractivity contribution is 5.24. The summed E-state index contributed by atoms with van der Waals surface area (Å²) < 4.78 is 1.97. The average Bonchev–Trinajstić information content (AvgIpc) is 2.52. The maximum Gasteiger partial charge on any atom is 0.0628 e. The van der Waals surface area contributed by atoms with Gasteiger partial charge in [-0.1, -0.05) is 0 Å². The van der Waals surface area contributed by atoms with E-state index in [4.69, 9.17) is 0 Å². The summed E-state index contributed by atoms with van der Waals surface area (Å²) in [5.74, 6) is 0. The quantitative estimate of drug-likeness (QED) is 0.827. The van der Waals surface area contributed by atoms with Crippen molar-refractivity contribution in [1.29, 1.82) is 0 Å². The van der Waals surface area contributed by atoms with Gasteiger partial charge >= 0.3 is 0 Å². The lowest BCUT2D eigenvalue weighted by atomic mass is 10.1. The van der Waals surface area contributed by atoms with Crippen molar-refractivity contribution < 1.29 is 0 Å². The number of aromatic nitrogens is 2. The standard InChI is InChI=1S/C15H30N4/c1-11(10-17-15(4,5)6)16-9-8-14-12(2)18-19(7)13(14)3/h11,16-17H,8-10H2,1-7H3. The zero-order valence-electron chi connectivity index (χ0n) is 13.6. The van der Waals surface area contributed by atoms with E-state index in [1.165, 1.54) is 11.3 Å². The van der Waals surface area contributed by atoms with E-state index in [-0.39, 0.29) is 5.54 Å². The van der Waals surface area contributed by atoms with Crippen LogP contribution in [0.4, 0.5) is 0 Å². The summed E-state index contributed by atoms with van der Waals surface area (Å²) in [6.45, 7) is 15.0. The van der Waals surface area contributed by atoms with Gasteiger partial charge in [0.05, 0.1) is 5.69 Å². The second-order valence-corrected chi connectivity index (χ2v) is 6.51. The number of nitrogens with zero attached hydrogens (tertiary/aromatic N) is 2. The molecule has 1 rings (SSSR count). The highest BCUT2D eigenvalue weighted by atomic mass is 15.3. The van der Waals surface area contributed by atoms with Crippen LogP contribution in [0, 0.1) is 13.8 Å². The SMILES string of the molecule is Cc1nn(C)c(C)c1CCNC(C)CNC(C)(C)C. The van der Waals surface area contributed by atoms with Gasteiger partial charge in [0.1, 0.15) is 0 Å². The molecule has 1 aromatic rings. The fourth-order valence-corrected chi connectivity index (χ4v) is 2.15. The molecule has 1 aromatic heterocycles. The van der Waals surface area contributed by atoms with E-state index < -0.39 is 0 Å². The van der Waals surface area contributed by atoms with E-state index in [1.807, 2.05) is 11.7 Å². The number of aryl methyl sites for hydroxylation is 2. The zero-order valence-corrected chi connectivity index (χ0v) is 13.6. The molecule has 19 heavy (non-hydrogen) atoms. The lowest BCUT2D eigenvalue weighted by Gasteiger charge is -2.24. The minimum atomic E-state index is 0.187. The summed E-state index contributed by atoms with van der Waals surface area (Å²) >= 11 is 0. The molecule has 1 heterocycles. The first-order chi connectivity index (χ1) is 8.70. The first kappa shape index (κ1) is 16.2. The van der Waals surface area contributed by atoms with Crippen molar-refractivity contribution in [3.8, 4) is 0 Å². The molecule has 1 unspecified atom stereocenters. The molecule has 0 aliphatic rings. The summed E-state index contributed by atoms with van der Waals surface area (Å²) in [4.78, 5) is 0. The number of rotatable bonds is 6. The first-order valence-corrected chi connectivity index (χ1v) is 7.18. The molecule has 1 atom stereocenters. The van der Waals surface area contributed by atoms with E-state index in [9.17, 15) is 0 Å². The second kappa shape index (κ2) is 6.53. The Morgan fingerprint density at radius 3 is 2.37 bits per heavy atom. The van der Waals surface area contributed by atoms with Crippen LogP contribution < -0.4 is 10.6 Å². The molecule has 0 fully saturated rings. The fraction of sp³-hybridized carbons (Fsp3) is 0.800. The van der Waals surface area contributed by atoms with E-state index >= 15 is 0 Å². The van der Waals surface area contributed by atoms with Gasteiger partial charge in [0.2, 0.25) is 0 Å². The van der Waals surface area contributed by atoms with Crippen LogP contribution in [-0.4, -0.2) is 34.5 Å². The van der Waals surface area contributed by atoms with Crippen LogP contribution in [0.1, 0.15) is 44.6 Å². The summed E-state index contributed by atoms with van der Waals surface area (Å²) in [6.07, 6.45) is 1.05. The van der Waals surface area contributed by atoms with Crippen LogP contribution in [0.5, 0.6) is 0 Å². The van der Waals surface area contributed by atoms with Crippen LogP contribution in [0.15, 0.2) is 0 Å². The lowest BCUT2D eigenvalue weighted by Crippen LogP contribution is -2.45. The van der Waals surface area contributed by atoms with Gasteiger partial charge in [0, 0.05) is 30.9 Å². The maximum absolute atomic E-state index is 4.45. The second-order valence-electron chi connectivity index (χ2n) is 6.51. The number of hydrogen-bond acceptors (Lipinski definition) is 3. The molecule has 0 saturated heterocycles. The van der Waals surface area contributed by atoms with E-state index in [0.717, 1.165) is 25.2 Å². The van der Waals surface area contributed by atoms with Crippen molar-refractivity contribution in [3.63, 3.8) is 0 Å². The molecule has 0 aliphatic heterocycles. The average molecular weight is 266 g/mol. The minimum absolute atomic E-state index is 0.187. The molecule has 4 nitrogen and oxygen atoms in total. The van der Waals surface area contributed by atoms with Gasteiger partial charge in [-0.2, -0.15) is 5.10 Å². The van der Waals surface area contributed by atoms with Gasteiger partial charge < -0.3 is 10.6 Å². The van der Waals surface area contributed by atoms with Gasteiger partial charge in [0.25, 0.3) is 0 Å². The molecule has 4 heteroatoms. The number of nitrogens with one attached hydrogen (secondary N) is 2. The Hall–Kier alpha value is -0.870. The van der Waals surface area contributed by atoms with Gasteiger partial charge in [-0.3, -0.25) is 4.68 Å². The van der Waals surface area contributed by atoms with Crippen molar-refractivity contribution in [2.24, 2.45) is 7.05 Å². The topological polar surface area (TPSA) is 41.9 Å². The normalized spacial score (nSPS) is 13.8. The lowest BCUT2D eigenvalue weighted by molar-refractivity contribution is 0.389. The van der Waals surface area contributed by atoms with Gasteiger partial charge in [0.15, 0.2) is 0 Å². The summed E-state index contributed by atoms with van der Waals surface area (Å²) in [7, 11) is 2.01. The van der Waals surface area contributed by atoms with Gasteiger partial charge in [-0.15, -0.1) is 0 Å². The molecule has 0 aliphatic carbocycles. The van der Waals surface area contributed by atoms with Crippen LogP contribution in [0.2, 0.25) is 0 Å². The fourth-order valence-electron chi connectivity index (χ4n) is 2.15. The monoisotopic (exact) mass is 266 g/mol. The van der Waals surface area contributed by atoms with Crippen molar-refractivity contribution in [1.82, 2.24) is 20.4 Å². The van der Waals surface area contributed by atoms with E-state index in [2.05, 4.69) is 57.3 Å². The zero-order chi connectivity index (χ0) is 14.6. The maximum atomic E-state index is 4.45. The molecule has 0 saturated carbocycles. The molecule has 0 amide bonds. The summed E-state index contributed by atoms with van der Waals surface area (Å²) in [5.41, 5.74) is 4.00. The molecule has 0 spiro atoms. The Kier molecular flexibility index (Phi) is 5.56. The highest BCUT2D eigenvalue weighted by Crippen LogP contribution is 2.11. The Balaban J connectivity index is 2.34. The van der Waals surface area contributed by atoms with Crippen molar-refractivity contribution >= 4 is 0 Å².